The normalized spacial score (nSPS) is 11.1. The molecule has 0 aliphatic carbocycles. The molecule has 0 bridgehead atoms. The first kappa shape index (κ1) is 16.4. The van der Waals surface area contributed by atoms with E-state index < -0.39 is 0 Å². The zero-order valence-electron chi connectivity index (χ0n) is 15.3. The number of pyridine rings is 1. The first-order valence-corrected chi connectivity index (χ1v) is 8.64. The fourth-order valence-electron chi connectivity index (χ4n) is 3.18. The fraction of sp³-hybridized carbons (Fsp3) is 0.261. The topological polar surface area (TPSA) is 3.88 Å². The van der Waals surface area contributed by atoms with Crippen LogP contribution < -0.4 is 4.57 Å². The predicted molar refractivity (Wildman–Crippen MR) is 102 cm³/mol. The van der Waals surface area contributed by atoms with E-state index in [1.807, 2.05) is 0 Å². The van der Waals surface area contributed by atoms with Crippen molar-refractivity contribution in [1.29, 1.82) is 0 Å². The maximum Gasteiger partial charge on any atom is 0.212 e. The minimum Gasteiger partial charge on any atom is -0.201 e. The van der Waals surface area contributed by atoms with Gasteiger partial charge in [0.2, 0.25) is 5.69 Å². The van der Waals surface area contributed by atoms with Crippen LogP contribution in [0.15, 0.2) is 60.8 Å². The van der Waals surface area contributed by atoms with Gasteiger partial charge in [0.05, 0.1) is 0 Å². The molecular weight excluding hydrogens is 290 g/mol. The number of hydrogen-bond donors (Lipinski definition) is 0. The maximum atomic E-state index is 2.33. The summed E-state index contributed by atoms with van der Waals surface area (Å²) in [5.74, 6) is 0.532. The average Bonchev–Trinajstić information content (AvgIpc) is 2.56. The number of rotatable bonds is 3. The number of nitrogens with zero attached hydrogens (tertiary/aromatic N) is 1. The minimum atomic E-state index is 0.532. The van der Waals surface area contributed by atoms with Gasteiger partial charge in [0.15, 0.2) is 6.20 Å². The van der Waals surface area contributed by atoms with E-state index in [4.69, 9.17) is 0 Å². The summed E-state index contributed by atoms with van der Waals surface area (Å²) in [4.78, 5) is 0. The van der Waals surface area contributed by atoms with Crippen LogP contribution in [-0.2, 0) is 7.05 Å². The second-order valence-corrected chi connectivity index (χ2v) is 6.96. The molecule has 2 aromatic carbocycles. The van der Waals surface area contributed by atoms with Crippen molar-refractivity contribution in [2.45, 2.75) is 33.6 Å². The van der Waals surface area contributed by atoms with Gasteiger partial charge in [-0.05, 0) is 53.6 Å². The van der Waals surface area contributed by atoms with Crippen molar-refractivity contribution in [2.24, 2.45) is 7.05 Å². The van der Waals surface area contributed by atoms with Crippen molar-refractivity contribution in [3.05, 3.63) is 77.5 Å². The highest BCUT2D eigenvalue weighted by Gasteiger charge is 2.16. The highest BCUT2D eigenvalue weighted by atomic mass is 14.9. The average molecular weight is 316 g/mol. The molecule has 0 spiro atoms. The Balaban J connectivity index is 2.18. The van der Waals surface area contributed by atoms with Gasteiger partial charge in [-0.2, -0.15) is 0 Å². The third kappa shape index (κ3) is 3.12. The van der Waals surface area contributed by atoms with Crippen molar-refractivity contribution in [2.75, 3.05) is 0 Å². The zero-order valence-corrected chi connectivity index (χ0v) is 15.3. The lowest BCUT2D eigenvalue weighted by Crippen LogP contribution is -2.30. The van der Waals surface area contributed by atoms with Crippen molar-refractivity contribution in [3.8, 4) is 22.4 Å². The Bertz CT molecular complexity index is 875. The molecule has 3 rings (SSSR count). The van der Waals surface area contributed by atoms with Crippen LogP contribution in [-0.4, -0.2) is 0 Å². The van der Waals surface area contributed by atoms with Crippen LogP contribution in [0.5, 0.6) is 0 Å². The Kier molecular flexibility index (Phi) is 4.53. The lowest BCUT2D eigenvalue weighted by molar-refractivity contribution is -0.660. The summed E-state index contributed by atoms with van der Waals surface area (Å²) in [5.41, 5.74) is 9.17. The summed E-state index contributed by atoms with van der Waals surface area (Å²) in [6, 6.07) is 19.9. The summed E-state index contributed by atoms with van der Waals surface area (Å²) in [6.45, 7) is 8.86. The van der Waals surface area contributed by atoms with Gasteiger partial charge in [0.1, 0.15) is 7.05 Å². The van der Waals surface area contributed by atoms with E-state index in [0.717, 1.165) is 0 Å². The van der Waals surface area contributed by atoms with E-state index in [0.29, 0.717) is 5.92 Å². The quantitative estimate of drug-likeness (QED) is 0.555. The molecule has 0 unspecified atom stereocenters. The Morgan fingerprint density at radius 2 is 1.50 bits per heavy atom. The molecule has 24 heavy (non-hydrogen) atoms. The standard InChI is InChI=1S/C23H26N/c1-16(2)19-12-13-24(5)23(15-19)22-14-20(11-10-18(22)4)21-9-7-6-8-17(21)3/h6-16H,1-5H3/q+1. The van der Waals surface area contributed by atoms with Gasteiger partial charge in [0.25, 0.3) is 0 Å². The Hall–Kier alpha value is -2.41. The molecule has 122 valence electrons. The minimum absolute atomic E-state index is 0.532. The third-order valence-electron chi connectivity index (χ3n) is 4.81. The molecule has 1 nitrogen and oxygen atoms in total. The van der Waals surface area contributed by atoms with Crippen molar-refractivity contribution < 1.29 is 4.57 Å². The van der Waals surface area contributed by atoms with Crippen LogP contribution in [0, 0.1) is 13.8 Å². The summed E-state index contributed by atoms with van der Waals surface area (Å²) in [7, 11) is 2.12. The van der Waals surface area contributed by atoms with E-state index in [-0.39, 0.29) is 0 Å². The van der Waals surface area contributed by atoms with E-state index >= 15 is 0 Å². The van der Waals surface area contributed by atoms with Crippen LogP contribution >= 0.6 is 0 Å². The molecule has 1 heteroatoms. The van der Waals surface area contributed by atoms with Gasteiger partial charge in [-0.25, -0.2) is 4.57 Å². The lowest BCUT2D eigenvalue weighted by atomic mass is 9.94. The Morgan fingerprint density at radius 1 is 0.792 bits per heavy atom. The first-order valence-electron chi connectivity index (χ1n) is 8.64. The molecule has 0 aliphatic heterocycles. The molecule has 0 atom stereocenters. The van der Waals surface area contributed by atoms with Gasteiger partial charge < -0.3 is 0 Å². The number of aromatic nitrogens is 1. The monoisotopic (exact) mass is 316 g/mol. The largest absolute Gasteiger partial charge is 0.212 e. The van der Waals surface area contributed by atoms with E-state index in [9.17, 15) is 0 Å². The second-order valence-electron chi connectivity index (χ2n) is 6.96. The smallest absolute Gasteiger partial charge is 0.201 e. The summed E-state index contributed by atoms with van der Waals surface area (Å²) >= 11 is 0. The van der Waals surface area contributed by atoms with E-state index in [2.05, 4.69) is 100 Å². The highest BCUT2D eigenvalue weighted by Crippen LogP contribution is 2.30. The van der Waals surface area contributed by atoms with Gasteiger partial charge in [-0.15, -0.1) is 0 Å². The summed E-state index contributed by atoms with van der Waals surface area (Å²) in [6.07, 6.45) is 2.17. The molecule has 0 N–H and O–H groups in total. The second kappa shape index (κ2) is 6.60. The summed E-state index contributed by atoms with van der Waals surface area (Å²) < 4.78 is 2.22. The van der Waals surface area contributed by atoms with Gasteiger partial charge in [-0.1, -0.05) is 50.2 Å². The molecule has 0 radical (unpaired) electrons. The van der Waals surface area contributed by atoms with Crippen LogP contribution in [0.3, 0.4) is 0 Å². The van der Waals surface area contributed by atoms with Crippen molar-refractivity contribution in [3.63, 3.8) is 0 Å². The van der Waals surface area contributed by atoms with Gasteiger partial charge >= 0.3 is 0 Å². The molecule has 3 aromatic rings. The molecular formula is C23H26N+. The first-order chi connectivity index (χ1) is 11.5. The van der Waals surface area contributed by atoms with E-state index in [1.165, 1.54) is 39.1 Å². The maximum absolute atomic E-state index is 2.33. The molecule has 1 aromatic heterocycles. The predicted octanol–water partition coefficient (Wildman–Crippen LogP) is 5.59. The van der Waals surface area contributed by atoms with Crippen molar-refractivity contribution in [1.82, 2.24) is 0 Å². The number of aryl methyl sites for hydroxylation is 3. The van der Waals surface area contributed by atoms with Crippen LogP contribution in [0.4, 0.5) is 0 Å². The molecule has 0 fully saturated rings. The van der Waals surface area contributed by atoms with Crippen molar-refractivity contribution >= 4 is 0 Å². The Labute approximate surface area is 145 Å². The summed E-state index contributed by atoms with van der Waals surface area (Å²) in [5, 5.41) is 0. The van der Waals surface area contributed by atoms with Crippen LogP contribution in [0.1, 0.15) is 36.5 Å². The lowest BCUT2D eigenvalue weighted by Gasteiger charge is -2.12. The van der Waals surface area contributed by atoms with Crippen LogP contribution in [0.25, 0.3) is 22.4 Å². The SMILES string of the molecule is Cc1ccccc1-c1ccc(C)c(-c2cc(C(C)C)cc[n+]2C)c1. The van der Waals surface area contributed by atoms with E-state index in [1.54, 1.807) is 0 Å². The number of hydrogen-bond acceptors (Lipinski definition) is 0. The zero-order chi connectivity index (χ0) is 17.3. The van der Waals surface area contributed by atoms with Crippen LogP contribution in [0.2, 0.25) is 0 Å². The molecule has 0 amide bonds. The number of benzene rings is 2. The highest BCUT2D eigenvalue weighted by molar-refractivity contribution is 5.74. The molecule has 0 aliphatic rings. The van der Waals surface area contributed by atoms with Gasteiger partial charge in [-0.3, -0.25) is 0 Å². The van der Waals surface area contributed by atoms with Gasteiger partial charge in [0, 0.05) is 17.7 Å². The molecule has 0 saturated carbocycles. The Morgan fingerprint density at radius 3 is 2.21 bits per heavy atom. The third-order valence-corrected chi connectivity index (χ3v) is 4.81. The molecule has 0 saturated heterocycles. The fourth-order valence-corrected chi connectivity index (χ4v) is 3.18. The molecule has 1 heterocycles.